The van der Waals surface area contributed by atoms with Crippen molar-refractivity contribution in [2.45, 2.75) is 12.8 Å². The lowest BCUT2D eigenvalue weighted by Gasteiger charge is -2.14. The average molecular weight is 282 g/mol. The minimum atomic E-state index is -0.164. The van der Waals surface area contributed by atoms with E-state index in [1.165, 1.54) is 11.8 Å². The quantitative estimate of drug-likeness (QED) is 0.837. The fraction of sp³-hybridized carbons (Fsp3) is 0.312. The summed E-state index contributed by atoms with van der Waals surface area (Å²) in [6, 6.07) is 7.54. The van der Waals surface area contributed by atoms with E-state index in [1.54, 1.807) is 0 Å². The maximum Gasteiger partial charge on any atom is 0.271 e. The highest BCUT2D eigenvalue weighted by molar-refractivity contribution is 5.93. The number of fused-ring (bicyclic) bond motifs is 1. The number of carbonyl (C=O) groups is 1. The van der Waals surface area contributed by atoms with Crippen LogP contribution in [0.3, 0.4) is 0 Å². The van der Waals surface area contributed by atoms with Crippen LogP contribution in [0.1, 0.15) is 23.3 Å². The van der Waals surface area contributed by atoms with Crippen molar-refractivity contribution in [3.63, 3.8) is 0 Å². The molecule has 5 heteroatoms. The molecule has 0 spiro atoms. The maximum atomic E-state index is 12.1. The zero-order chi connectivity index (χ0) is 14.5. The van der Waals surface area contributed by atoms with Gasteiger partial charge in [-0.15, -0.1) is 0 Å². The molecule has 1 aliphatic heterocycles. The fourth-order valence-corrected chi connectivity index (χ4v) is 2.39. The van der Waals surface area contributed by atoms with Crippen molar-refractivity contribution in [1.29, 1.82) is 0 Å². The predicted octanol–water partition coefficient (Wildman–Crippen LogP) is 1.67. The monoisotopic (exact) mass is 282 g/mol. The molecule has 5 nitrogen and oxygen atoms in total. The molecule has 0 saturated heterocycles. The zero-order valence-corrected chi connectivity index (χ0v) is 11.8. The molecule has 2 aromatic rings. The molecule has 1 amide bonds. The van der Waals surface area contributed by atoms with Crippen molar-refractivity contribution in [1.82, 2.24) is 20.6 Å². The van der Waals surface area contributed by atoms with Gasteiger partial charge < -0.3 is 10.6 Å². The molecule has 0 fully saturated rings. The van der Waals surface area contributed by atoms with Crippen molar-refractivity contribution in [3.05, 3.63) is 47.8 Å². The number of rotatable bonds is 4. The molecular weight excluding hydrogens is 264 g/mol. The molecule has 0 radical (unpaired) electrons. The van der Waals surface area contributed by atoms with Gasteiger partial charge in [0.2, 0.25) is 0 Å². The minimum Gasteiger partial charge on any atom is -0.350 e. The lowest BCUT2D eigenvalue weighted by Crippen LogP contribution is -2.27. The Bertz CT molecular complexity index is 681. The van der Waals surface area contributed by atoms with Crippen LogP contribution in [-0.4, -0.2) is 35.5 Å². The normalized spacial score (nSPS) is 14.8. The van der Waals surface area contributed by atoms with Gasteiger partial charge in [-0.2, -0.15) is 0 Å². The van der Waals surface area contributed by atoms with Gasteiger partial charge in [-0.05, 0) is 31.5 Å². The SMILES string of the molecule is O=C(NCCC1=CCNCC1)c1cnc2ccccc2n1. The summed E-state index contributed by atoms with van der Waals surface area (Å²) in [5, 5.41) is 6.18. The van der Waals surface area contributed by atoms with E-state index in [-0.39, 0.29) is 5.91 Å². The third-order valence-corrected chi connectivity index (χ3v) is 3.57. The van der Waals surface area contributed by atoms with Gasteiger partial charge in [0, 0.05) is 13.1 Å². The van der Waals surface area contributed by atoms with Crippen molar-refractivity contribution < 1.29 is 4.79 Å². The van der Waals surface area contributed by atoms with Crippen LogP contribution in [0.5, 0.6) is 0 Å². The Morgan fingerprint density at radius 1 is 1.29 bits per heavy atom. The first-order valence-electron chi connectivity index (χ1n) is 7.21. The molecule has 2 N–H and O–H groups in total. The van der Waals surface area contributed by atoms with E-state index in [9.17, 15) is 4.79 Å². The van der Waals surface area contributed by atoms with Crippen LogP contribution in [0.15, 0.2) is 42.1 Å². The van der Waals surface area contributed by atoms with Crippen LogP contribution in [-0.2, 0) is 0 Å². The standard InChI is InChI=1S/C16H18N4O/c21-16(18-10-7-12-5-8-17-9-6-12)15-11-19-13-3-1-2-4-14(13)20-15/h1-5,11,17H,6-10H2,(H,18,21). The molecule has 0 bridgehead atoms. The summed E-state index contributed by atoms with van der Waals surface area (Å²) in [6.45, 7) is 2.59. The van der Waals surface area contributed by atoms with Crippen LogP contribution in [0.25, 0.3) is 11.0 Å². The molecule has 0 unspecified atom stereocenters. The van der Waals surface area contributed by atoms with Crippen LogP contribution in [0.4, 0.5) is 0 Å². The van der Waals surface area contributed by atoms with Crippen molar-refractivity contribution in [2.24, 2.45) is 0 Å². The second-order valence-corrected chi connectivity index (χ2v) is 5.07. The van der Waals surface area contributed by atoms with Gasteiger partial charge in [0.05, 0.1) is 17.2 Å². The minimum absolute atomic E-state index is 0.164. The fourth-order valence-electron chi connectivity index (χ4n) is 2.39. The highest BCUT2D eigenvalue weighted by atomic mass is 16.1. The lowest BCUT2D eigenvalue weighted by atomic mass is 10.1. The van der Waals surface area contributed by atoms with Gasteiger partial charge in [-0.3, -0.25) is 9.78 Å². The van der Waals surface area contributed by atoms with Crippen molar-refractivity contribution in [3.8, 4) is 0 Å². The number of benzene rings is 1. The summed E-state index contributed by atoms with van der Waals surface area (Å²) in [6.07, 6.45) is 5.69. The summed E-state index contributed by atoms with van der Waals surface area (Å²) >= 11 is 0. The van der Waals surface area contributed by atoms with Gasteiger partial charge >= 0.3 is 0 Å². The van der Waals surface area contributed by atoms with E-state index in [0.29, 0.717) is 12.2 Å². The number of aromatic nitrogens is 2. The van der Waals surface area contributed by atoms with Gasteiger partial charge in [0.1, 0.15) is 5.69 Å². The summed E-state index contributed by atoms with van der Waals surface area (Å²) in [5.41, 5.74) is 3.31. The van der Waals surface area contributed by atoms with E-state index >= 15 is 0 Å². The zero-order valence-electron chi connectivity index (χ0n) is 11.8. The van der Waals surface area contributed by atoms with Gasteiger partial charge in [0.25, 0.3) is 5.91 Å². The topological polar surface area (TPSA) is 66.9 Å². The second-order valence-electron chi connectivity index (χ2n) is 5.07. The number of nitrogens with zero attached hydrogens (tertiary/aromatic N) is 2. The third-order valence-electron chi connectivity index (χ3n) is 3.57. The molecule has 108 valence electrons. The summed E-state index contributed by atoms with van der Waals surface area (Å²) in [7, 11) is 0. The molecule has 21 heavy (non-hydrogen) atoms. The lowest BCUT2D eigenvalue weighted by molar-refractivity contribution is 0.0949. The Labute approximate surface area is 123 Å². The number of hydrogen-bond acceptors (Lipinski definition) is 4. The molecule has 1 aromatic carbocycles. The van der Waals surface area contributed by atoms with Gasteiger partial charge in [-0.25, -0.2) is 4.98 Å². The molecule has 1 aliphatic rings. The Hall–Kier alpha value is -2.27. The number of hydrogen-bond donors (Lipinski definition) is 2. The van der Waals surface area contributed by atoms with E-state index in [4.69, 9.17) is 0 Å². The molecule has 0 saturated carbocycles. The van der Waals surface area contributed by atoms with Gasteiger partial charge in [0.15, 0.2) is 0 Å². The van der Waals surface area contributed by atoms with E-state index in [1.807, 2.05) is 24.3 Å². The van der Waals surface area contributed by atoms with Gasteiger partial charge in [-0.1, -0.05) is 23.8 Å². The van der Waals surface area contributed by atoms with Crippen LogP contribution >= 0.6 is 0 Å². The number of para-hydroxylation sites is 2. The van der Waals surface area contributed by atoms with Crippen LogP contribution in [0.2, 0.25) is 0 Å². The Morgan fingerprint density at radius 2 is 2.14 bits per heavy atom. The molecule has 2 heterocycles. The number of nitrogens with one attached hydrogen (secondary N) is 2. The highest BCUT2D eigenvalue weighted by Gasteiger charge is 2.09. The highest BCUT2D eigenvalue weighted by Crippen LogP contribution is 2.09. The average Bonchev–Trinajstić information content (AvgIpc) is 2.55. The molecular formula is C16H18N4O. The van der Waals surface area contributed by atoms with E-state index in [0.717, 1.165) is 37.0 Å². The molecule has 0 aliphatic carbocycles. The summed E-state index contributed by atoms with van der Waals surface area (Å²) < 4.78 is 0. The smallest absolute Gasteiger partial charge is 0.271 e. The summed E-state index contributed by atoms with van der Waals surface area (Å²) in [4.78, 5) is 20.7. The largest absolute Gasteiger partial charge is 0.350 e. The first-order chi connectivity index (χ1) is 10.3. The molecule has 1 aromatic heterocycles. The van der Waals surface area contributed by atoms with E-state index < -0.39 is 0 Å². The number of carbonyl (C=O) groups excluding carboxylic acids is 1. The number of amides is 1. The second kappa shape index (κ2) is 6.45. The predicted molar refractivity (Wildman–Crippen MR) is 82.1 cm³/mol. The molecule has 3 rings (SSSR count). The first kappa shape index (κ1) is 13.7. The Morgan fingerprint density at radius 3 is 2.95 bits per heavy atom. The van der Waals surface area contributed by atoms with Crippen molar-refractivity contribution in [2.75, 3.05) is 19.6 Å². The van der Waals surface area contributed by atoms with E-state index in [2.05, 4.69) is 26.7 Å². The maximum absolute atomic E-state index is 12.1. The first-order valence-corrected chi connectivity index (χ1v) is 7.21. The third kappa shape index (κ3) is 3.44. The van der Waals surface area contributed by atoms with Crippen LogP contribution in [0, 0.1) is 0 Å². The van der Waals surface area contributed by atoms with Crippen molar-refractivity contribution >= 4 is 16.9 Å². The Kier molecular flexibility index (Phi) is 4.21. The van der Waals surface area contributed by atoms with Crippen LogP contribution < -0.4 is 10.6 Å². The summed E-state index contributed by atoms with van der Waals surface area (Å²) in [5.74, 6) is -0.164. The Balaban J connectivity index is 1.60. The molecule has 0 atom stereocenters.